The summed E-state index contributed by atoms with van der Waals surface area (Å²) >= 11 is 0. The lowest BCUT2D eigenvalue weighted by Crippen LogP contribution is -1.78. The zero-order chi connectivity index (χ0) is 8.97. The lowest BCUT2D eigenvalue weighted by molar-refractivity contribution is -0.112. The van der Waals surface area contributed by atoms with Crippen molar-refractivity contribution >= 4 is 18.1 Å². The first-order valence-electron chi connectivity index (χ1n) is 3.46. The summed E-state index contributed by atoms with van der Waals surface area (Å²) in [6.45, 7) is 1.44. The average Bonchev–Trinajstić information content (AvgIpc) is 2.48. The van der Waals surface area contributed by atoms with Crippen molar-refractivity contribution in [3.63, 3.8) is 0 Å². The van der Waals surface area contributed by atoms with Crippen LogP contribution >= 0.6 is 0 Å². The number of aldehydes is 1. The summed E-state index contributed by atoms with van der Waals surface area (Å²) < 4.78 is 4.98. The van der Waals surface area contributed by atoms with Crippen LogP contribution in [0.3, 0.4) is 0 Å². The maximum Gasteiger partial charge on any atom is 0.185 e. The Labute approximate surface area is 69.7 Å². The first-order chi connectivity index (χ1) is 5.72. The highest BCUT2D eigenvalue weighted by Gasteiger charge is 1.95. The summed E-state index contributed by atoms with van der Waals surface area (Å²) in [7, 11) is 0. The quantitative estimate of drug-likeness (QED) is 0.504. The van der Waals surface area contributed by atoms with Crippen LogP contribution in [0.15, 0.2) is 22.6 Å². The second-order valence-electron chi connectivity index (χ2n) is 2.30. The highest BCUT2D eigenvalue weighted by molar-refractivity contribution is 5.91. The fourth-order valence-corrected chi connectivity index (χ4v) is 0.721. The number of furan rings is 1. The molecule has 12 heavy (non-hydrogen) atoms. The number of carbonyl (C=O) groups is 2. The van der Waals surface area contributed by atoms with Gasteiger partial charge in [-0.1, -0.05) is 0 Å². The second-order valence-corrected chi connectivity index (χ2v) is 2.30. The van der Waals surface area contributed by atoms with Crippen LogP contribution in [0.1, 0.15) is 23.2 Å². The van der Waals surface area contributed by atoms with Crippen LogP contribution in [0, 0.1) is 0 Å². The molecule has 0 saturated carbocycles. The number of allylic oxidation sites excluding steroid dienone is 1. The Morgan fingerprint density at radius 1 is 1.42 bits per heavy atom. The van der Waals surface area contributed by atoms with E-state index >= 15 is 0 Å². The van der Waals surface area contributed by atoms with Crippen molar-refractivity contribution in [3.8, 4) is 0 Å². The van der Waals surface area contributed by atoms with E-state index in [1.165, 1.54) is 19.1 Å². The minimum absolute atomic E-state index is 0.0564. The van der Waals surface area contributed by atoms with Gasteiger partial charge < -0.3 is 4.42 Å². The molecule has 0 aromatic carbocycles. The molecule has 0 unspecified atom stereocenters. The van der Waals surface area contributed by atoms with Gasteiger partial charge in [-0.2, -0.15) is 0 Å². The van der Waals surface area contributed by atoms with Gasteiger partial charge in [0, 0.05) is 0 Å². The Hall–Kier alpha value is -1.64. The van der Waals surface area contributed by atoms with Gasteiger partial charge in [-0.05, 0) is 31.2 Å². The summed E-state index contributed by atoms with van der Waals surface area (Å²) in [5.74, 6) is 0.713. The monoisotopic (exact) mass is 164 g/mol. The third-order valence-corrected chi connectivity index (χ3v) is 1.25. The first kappa shape index (κ1) is 8.46. The number of hydrogen-bond acceptors (Lipinski definition) is 3. The molecule has 0 atom stereocenters. The molecule has 0 saturated heterocycles. The minimum Gasteiger partial charge on any atom is -0.454 e. The molecule has 1 aromatic rings. The predicted octanol–water partition coefficient (Wildman–Crippen LogP) is 1.69. The summed E-state index contributed by atoms with van der Waals surface area (Å²) in [6, 6.07) is 3.18. The van der Waals surface area contributed by atoms with Gasteiger partial charge in [0.25, 0.3) is 0 Å². The van der Waals surface area contributed by atoms with E-state index in [9.17, 15) is 9.59 Å². The SMILES string of the molecule is CC(=O)/C=C/c1ccc(C=O)o1. The zero-order valence-corrected chi connectivity index (χ0v) is 6.61. The Bertz CT molecular complexity index is 320. The third-order valence-electron chi connectivity index (χ3n) is 1.25. The van der Waals surface area contributed by atoms with Crippen LogP contribution in [0.25, 0.3) is 6.08 Å². The molecular weight excluding hydrogens is 156 g/mol. The van der Waals surface area contributed by atoms with Gasteiger partial charge in [-0.15, -0.1) is 0 Å². The topological polar surface area (TPSA) is 47.3 Å². The molecule has 0 spiro atoms. The molecule has 0 radical (unpaired) electrons. The van der Waals surface area contributed by atoms with Crippen molar-refractivity contribution in [2.24, 2.45) is 0 Å². The van der Waals surface area contributed by atoms with E-state index in [-0.39, 0.29) is 11.5 Å². The van der Waals surface area contributed by atoms with E-state index in [0.717, 1.165) is 0 Å². The summed E-state index contributed by atoms with van der Waals surface area (Å²) in [5, 5.41) is 0. The molecule has 1 heterocycles. The van der Waals surface area contributed by atoms with Gasteiger partial charge in [0.1, 0.15) is 5.76 Å². The smallest absolute Gasteiger partial charge is 0.185 e. The number of ketones is 1. The molecular formula is C9H8O3. The normalized spacial score (nSPS) is 10.4. The van der Waals surface area contributed by atoms with Crippen LogP contribution in [-0.4, -0.2) is 12.1 Å². The van der Waals surface area contributed by atoms with Gasteiger partial charge in [0.15, 0.2) is 17.8 Å². The van der Waals surface area contributed by atoms with Gasteiger partial charge in [0.05, 0.1) is 0 Å². The van der Waals surface area contributed by atoms with Crippen LogP contribution in [-0.2, 0) is 4.79 Å². The van der Waals surface area contributed by atoms with E-state index in [0.29, 0.717) is 12.0 Å². The van der Waals surface area contributed by atoms with Crippen molar-refractivity contribution in [2.45, 2.75) is 6.92 Å². The van der Waals surface area contributed by atoms with Gasteiger partial charge in [0.2, 0.25) is 0 Å². The molecule has 1 rings (SSSR count). The Morgan fingerprint density at radius 3 is 2.58 bits per heavy atom. The zero-order valence-electron chi connectivity index (χ0n) is 6.61. The van der Waals surface area contributed by atoms with E-state index < -0.39 is 0 Å². The number of hydrogen-bond donors (Lipinski definition) is 0. The largest absolute Gasteiger partial charge is 0.454 e. The van der Waals surface area contributed by atoms with Crippen molar-refractivity contribution in [2.75, 3.05) is 0 Å². The summed E-state index contributed by atoms with van der Waals surface area (Å²) in [6.07, 6.45) is 3.52. The minimum atomic E-state index is -0.0564. The molecule has 0 amide bonds. The molecule has 0 fully saturated rings. The maximum absolute atomic E-state index is 10.5. The lowest BCUT2D eigenvalue weighted by atomic mass is 10.3. The molecule has 62 valence electrons. The predicted molar refractivity (Wildman–Crippen MR) is 43.8 cm³/mol. The molecule has 3 nitrogen and oxygen atoms in total. The molecule has 0 aliphatic rings. The second kappa shape index (κ2) is 3.67. The molecule has 3 heteroatoms. The van der Waals surface area contributed by atoms with Crippen molar-refractivity contribution < 1.29 is 14.0 Å². The molecule has 0 aliphatic carbocycles. The van der Waals surface area contributed by atoms with E-state index in [2.05, 4.69) is 0 Å². The molecule has 1 aromatic heterocycles. The molecule has 0 bridgehead atoms. The Kier molecular flexibility index (Phi) is 2.58. The number of rotatable bonds is 3. The summed E-state index contributed by atoms with van der Waals surface area (Å²) in [5.41, 5.74) is 0. The van der Waals surface area contributed by atoms with Crippen LogP contribution < -0.4 is 0 Å². The number of carbonyl (C=O) groups excluding carboxylic acids is 2. The molecule has 0 aliphatic heterocycles. The maximum atomic E-state index is 10.5. The summed E-state index contributed by atoms with van der Waals surface area (Å²) in [4.78, 5) is 20.7. The fraction of sp³-hybridized carbons (Fsp3) is 0.111. The van der Waals surface area contributed by atoms with Crippen molar-refractivity contribution in [3.05, 3.63) is 29.7 Å². The van der Waals surface area contributed by atoms with Crippen molar-refractivity contribution in [1.82, 2.24) is 0 Å². The van der Waals surface area contributed by atoms with Gasteiger partial charge in [-0.25, -0.2) is 0 Å². The highest BCUT2D eigenvalue weighted by atomic mass is 16.3. The van der Waals surface area contributed by atoms with Gasteiger partial charge in [-0.3, -0.25) is 9.59 Å². The lowest BCUT2D eigenvalue weighted by Gasteiger charge is -1.82. The highest BCUT2D eigenvalue weighted by Crippen LogP contribution is 2.07. The van der Waals surface area contributed by atoms with E-state index in [4.69, 9.17) is 4.42 Å². The van der Waals surface area contributed by atoms with Gasteiger partial charge >= 0.3 is 0 Å². The van der Waals surface area contributed by atoms with Crippen LogP contribution in [0.4, 0.5) is 0 Å². The fourth-order valence-electron chi connectivity index (χ4n) is 0.721. The third kappa shape index (κ3) is 2.20. The molecule has 0 N–H and O–H groups in total. The van der Waals surface area contributed by atoms with Crippen molar-refractivity contribution in [1.29, 1.82) is 0 Å². The van der Waals surface area contributed by atoms with E-state index in [1.54, 1.807) is 12.1 Å². The Morgan fingerprint density at radius 2 is 2.08 bits per heavy atom. The first-order valence-corrected chi connectivity index (χ1v) is 3.46. The van der Waals surface area contributed by atoms with E-state index in [1.807, 2.05) is 0 Å². The van der Waals surface area contributed by atoms with Crippen LogP contribution in [0.2, 0.25) is 0 Å². The van der Waals surface area contributed by atoms with Crippen LogP contribution in [0.5, 0.6) is 0 Å². The Balaban J connectivity index is 2.76. The average molecular weight is 164 g/mol. The standard InChI is InChI=1S/C9H8O3/c1-7(11)2-3-8-4-5-9(6-10)12-8/h2-6H,1H3/b3-2+.